The van der Waals surface area contributed by atoms with Crippen molar-refractivity contribution < 1.29 is 4.74 Å². The zero-order chi connectivity index (χ0) is 13.1. The monoisotopic (exact) mass is 251 g/mol. The Labute approximate surface area is 111 Å². The molecular formula is C15H13N3O. The summed E-state index contributed by atoms with van der Waals surface area (Å²) in [6.07, 6.45) is 2.68. The molecule has 2 aromatic rings. The molecular weight excluding hydrogens is 238 g/mol. The first-order valence-corrected chi connectivity index (χ1v) is 6.20. The molecule has 1 aliphatic heterocycles. The van der Waals surface area contributed by atoms with Gasteiger partial charge in [-0.1, -0.05) is 18.2 Å². The van der Waals surface area contributed by atoms with Crippen LogP contribution in [0.2, 0.25) is 0 Å². The third kappa shape index (κ3) is 2.50. The van der Waals surface area contributed by atoms with Crippen LogP contribution in [0.25, 0.3) is 0 Å². The minimum Gasteiger partial charge on any atom is -0.488 e. The van der Waals surface area contributed by atoms with Crippen molar-refractivity contribution in [3.63, 3.8) is 0 Å². The van der Waals surface area contributed by atoms with Crippen LogP contribution in [0.15, 0.2) is 42.6 Å². The predicted molar refractivity (Wildman–Crippen MR) is 72.0 cm³/mol. The Bertz CT molecular complexity index is 608. The highest BCUT2D eigenvalue weighted by Crippen LogP contribution is 2.28. The number of hydrogen-bond acceptors (Lipinski definition) is 4. The summed E-state index contributed by atoms with van der Waals surface area (Å²) in [6, 6.07) is 13.7. The topological polar surface area (TPSA) is 57.9 Å². The van der Waals surface area contributed by atoms with Gasteiger partial charge in [-0.15, -0.1) is 0 Å². The maximum absolute atomic E-state index is 8.80. The molecule has 1 atom stereocenters. The summed E-state index contributed by atoms with van der Waals surface area (Å²) in [5.41, 5.74) is 2.56. The Morgan fingerprint density at radius 1 is 1.37 bits per heavy atom. The summed E-state index contributed by atoms with van der Waals surface area (Å²) < 4.78 is 5.84. The number of benzene rings is 1. The molecule has 0 bridgehead atoms. The summed E-state index contributed by atoms with van der Waals surface area (Å²) in [7, 11) is 0. The fourth-order valence-corrected chi connectivity index (χ4v) is 2.20. The molecule has 1 aromatic heterocycles. The number of nitrogens with one attached hydrogen (secondary N) is 1. The Kier molecular flexibility index (Phi) is 3.03. The molecule has 19 heavy (non-hydrogen) atoms. The van der Waals surface area contributed by atoms with Crippen molar-refractivity contribution in [2.45, 2.75) is 12.5 Å². The summed E-state index contributed by atoms with van der Waals surface area (Å²) in [5, 5.41) is 12.1. The molecule has 1 aromatic carbocycles. The van der Waals surface area contributed by atoms with E-state index in [0.717, 1.165) is 17.9 Å². The number of para-hydroxylation sites is 1. The van der Waals surface area contributed by atoms with E-state index >= 15 is 0 Å². The zero-order valence-corrected chi connectivity index (χ0v) is 10.3. The molecule has 0 fully saturated rings. The second-order valence-corrected chi connectivity index (χ2v) is 4.47. The van der Waals surface area contributed by atoms with Crippen molar-refractivity contribution in [3.8, 4) is 11.8 Å². The number of nitrogens with zero attached hydrogens (tertiary/aromatic N) is 2. The van der Waals surface area contributed by atoms with E-state index in [1.54, 1.807) is 12.3 Å². The highest BCUT2D eigenvalue weighted by molar-refractivity contribution is 5.46. The first kappa shape index (κ1) is 11.5. The molecule has 0 spiro atoms. The Morgan fingerprint density at radius 2 is 2.26 bits per heavy atom. The van der Waals surface area contributed by atoms with Gasteiger partial charge in [0.15, 0.2) is 0 Å². The molecule has 0 saturated heterocycles. The average molecular weight is 251 g/mol. The second kappa shape index (κ2) is 4.99. The number of anilines is 1. The van der Waals surface area contributed by atoms with Crippen molar-refractivity contribution in [3.05, 3.63) is 53.9 Å². The molecule has 3 rings (SSSR count). The van der Waals surface area contributed by atoms with Crippen LogP contribution >= 0.6 is 0 Å². The molecule has 2 heterocycles. The van der Waals surface area contributed by atoms with Crippen molar-refractivity contribution in [2.24, 2.45) is 0 Å². The van der Waals surface area contributed by atoms with Gasteiger partial charge in [-0.05, 0) is 23.8 Å². The Morgan fingerprint density at radius 3 is 3.11 bits per heavy atom. The number of fused-ring (bicyclic) bond motifs is 1. The fraction of sp³-hybridized carbons (Fsp3) is 0.200. The first-order valence-electron chi connectivity index (χ1n) is 6.20. The number of ether oxygens (including phenoxy) is 1. The Hall–Kier alpha value is -2.54. The molecule has 0 aliphatic carbocycles. The summed E-state index contributed by atoms with van der Waals surface area (Å²) in [5.74, 6) is 0.974. The van der Waals surface area contributed by atoms with E-state index in [2.05, 4.69) is 16.4 Å². The van der Waals surface area contributed by atoms with Gasteiger partial charge >= 0.3 is 0 Å². The van der Waals surface area contributed by atoms with Gasteiger partial charge in [-0.2, -0.15) is 5.26 Å². The first-order chi connectivity index (χ1) is 9.35. The molecule has 4 heteroatoms. The van der Waals surface area contributed by atoms with Gasteiger partial charge in [-0.3, -0.25) is 0 Å². The predicted octanol–water partition coefficient (Wildman–Crippen LogP) is 2.37. The molecule has 0 saturated carbocycles. The minimum atomic E-state index is 0.135. The molecule has 0 radical (unpaired) electrons. The zero-order valence-electron chi connectivity index (χ0n) is 10.3. The molecule has 1 N–H and O–H groups in total. The Balaban J connectivity index is 1.61. The van der Waals surface area contributed by atoms with Gasteiger partial charge in [0.1, 0.15) is 23.6 Å². The largest absolute Gasteiger partial charge is 0.488 e. The summed E-state index contributed by atoms with van der Waals surface area (Å²) >= 11 is 0. The van der Waals surface area contributed by atoms with Gasteiger partial charge in [0.25, 0.3) is 0 Å². The van der Waals surface area contributed by atoms with Gasteiger partial charge in [-0.25, -0.2) is 4.98 Å². The molecule has 1 aliphatic rings. The van der Waals surface area contributed by atoms with Crippen LogP contribution < -0.4 is 10.1 Å². The number of hydrogen-bond donors (Lipinski definition) is 1. The average Bonchev–Trinajstić information content (AvgIpc) is 2.88. The molecule has 4 nitrogen and oxygen atoms in total. The minimum absolute atomic E-state index is 0.135. The van der Waals surface area contributed by atoms with Crippen molar-refractivity contribution >= 4 is 5.69 Å². The maximum Gasteiger partial charge on any atom is 0.142 e. The number of aromatic nitrogens is 1. The lowest BCUT2D eigenvalue weighted by atomic mass is 10.1. The van der Waals surface area contributed by atoms with Gasteiger partial charge < -0.3 is 10.1 Å². The third-order valence-corrected chi connectivity index (χ3v) is 3.12. The van der Waals surface area contributed by atoms with E-state index in [9.17, 15) is 0 Å². The van der Waals surface area contributed by atoms with E-state index < -0.39 is 0 Å². The van der Waals surface area contributed by atoms with Crippen LogP contribution in [-0.2, 0) is 6.42 Å². The van der Waals surface area contributed by atoms with Gasteiger partial charge in [0.05, 0.1) is 6.54 Å². The smallest absolute Gasteiger partial charge is 0.142 e. The van der Waals surface area contributed by atoms with Crippen molar-refractivity contribution in [1.29, 1.82) is 5.26 Å². The third-order valence-electron chi connectivity index (χ3n) is 3.12. The van der Waals surface area contributed by atoms with E-state index in [1.807, 2.05) is 30.3 Å². The van der Waals surface area contributed by atoms with E-state index in [4.69, 9.17) is 10.00 Å². The van der Waals surface area contributed by atoms with Crippen molar-refractivity contribution in [1.82, 2.24) is 4.98 Å². The van der Waals surface area contributed by atoms with Gasteiger partial charge in [0, 0.05) is 18.3 Å². The van der Waals surface area contributed by atoms with Crippen LogP contribution in [0.5, 0.6) is 5.75 Å². The van der Waals surface area contributed by atoms with Crippen LogP contribution in [0.1, 0.15) is 11.3 Å². The quantitative estimate of drug-likeness (QED) is 0.909. The lowest BCUT2D eigenvalue weighted by molar-refractivity contribution is 0.246. The number of nitriles is 1. The van der Waals surface area contributed by atoms with Crippen LogP contribution in [0.3, 0.4) is 0 Å². The standard InChI is InChI=1S/C15H13N3O/c16-9-13-8-12(5-6-17-13)18-10-14-7-11-3-1-2-4-15(11)19-14/h1-6,8,14H,7,10H2,(H,17,18). The molecule has 1 unspecified atom stereocenters. The van der Waals surface area contributed by atoms with Crippen molar-refractivity contribution in [2.75, 3.05) is 11.9 Å². The lowest BCUT2D eigenvalue weighted by Crippen LogP contribution is -2.23. The highest BCUT2D eigenvalue weighted by atomic mass is 16.5. The van der Waals surface area contributed by atoms with Crippen LogP contribution in [-0.4, -0.2) is 17.6 Å². The normalized spacial score (nSPS) is 16.3. The maximum atomic E-state index is 8.80. The number of pyridine rings is 1. The summed E-state index contributed by atoms with van der Waals surface area (Å²) in [4.78, 5) is 3.94. The van der Waals surface area contributed by atoms with Crippen LogP contribution in [0.4, 0.5) is 5.69 Å². The van der Waals surface area contributed by atoms with E-state index in [1.165, 1.54) is 5.56 Å². The highest BCUT2D eigenvalue weighted by Gasteiger charge is 2.21. The molecule has 0 amide bonds. The van der Waals surface area contributed by atoms with E-state index in [-0.39, 0.29) is 6.10 Å². The van der Waals surface area contributed by atoms with E-state index in [0.29, 0.717) is 12.2 Å². The fourth-order valence-electron chi connectivity index (χ4n) is 2.20. The van der Waals surface area contributed by atoms with Gasteiger partial charge in [0.2, 0.25) is 0 Å². The lowest BCUT2D eigenvalue weighted by Gasteiger charge is -2.12. The SMILES string of the molecule is N#Cc1cc(NCC2Cc3ccccc3O2)ccn1. The number of rotatable bonds is 3. The molecule has 94 valence electrons. The van der Waals surface area contributed by atoms with Crippen LogP contribution in [0, 0.1) is 11.3 Å². The summed E-state index contributed by atoms with van der Waals surface area (Å²) in [6.45, 7) is 0.712. The second-order valence-electron chi connectivity index (χ2n) is 4.47.